The van der Waals surface area contributed by atoms with Crippen LogP contribution in [0.15, 0.2) is 79.1 Å². The lowest BCUT2D eigenvalue weighted by molar-refractivity contribution is 0.102. The summed E-state index contributed by atoms with van der Waals surface area (Å²) in [6, 6.07) is 23.4. The topological polar surface area (TPSA) is 46.9 Å². The Balaban J connectivity index is 1.63. The molecule has 3 aromatic carbocycles. The van der Waals surface area contributed by atoms with Gasteiger partial charge in [0.15, 0.2) is 0 Å². The van der Waals surface area contributed by atoms with Crippen molar-refractivity contribution in [3.63, 3.8) is 0 Å². The molecule has 1 heterocycles. The third-order valence-electron chi connectivity index (χ3n) is 4.12. The van der Waals surface area contributed by atoms with Crippen LogP contribution in [0.2, 0.25) is 0 Å². The lowest BCUT2D eigenvalue weighted by Gasteiger charge is -2.07. The molecule has 122 valence electrons. The third-order valence-corrected chi connectivity index (χ3v) is 4.12. The average Bonchev–Trinajstić information content (AvgIpc) is 3.05. The monoisotopic (exact) mass is 327 g/mol. The number of benzene rings is 3. The maximum absolute atomic E-state index is 12.4. The molecule has 1 N–H and O–H groups in total. The molecule has 0 bridgehead atoms. The van der Waals surface area contributed by atoms with Gasteiger partial charge in [-0.1, -0.05) is 35.9 Å². The summed E-state index contributed by atoms with van der Waals surface area (Å²) in [6.45, 7) is 1.97. The first kappa shape index (κ1) is 15.1. The van der Waals surface area contributed by atoms with Gasteiger partial charge in [-0.2, -0.15) is 0 Å². The maximum Gasteiger partial charge on any atom is 0.255 e. The number of fused-ring (bicyclic) bond motifs is 1. The molecular formula is C21H17N3O. The average molecular weight is 327 g/mol. The molecule has 0 saturated heterocycles. The number of nitrogens with one attached hydrogen (secondary N) is 1. The van der Waals surface area contributed by atoms with E-state index in [1.54, 1.807) is 6.33 Å². The van der Waals surface area contributed by atoms with Gasteiger partial charge < -0.3 is 5.32 Å². The van der Waals surface area contributed by atoms with Crippen LogP contribution in [0.1, 0.15) is 15.9 Å². The number of carbonyl (C=O) groups excluding carboxylic acids is 1. The zero-order chi connectivity index (χ0) is 17.2. The minimum absolute atomic E-state index is 0.120. The summed E-state index contributed by atoms with van der Waals surface area (Å²) < 4.78 is 2.03. The van der Waals surface area contributed by atoms with Crippen molar-refractivity contribution in [3.8, 4) is 5.69 Å². The van der Waals surface area contributed by atoms with Crippen molar-refractivity contribution in [2.24, 2.45) is 0 Å². The van der Waals surface area contributed by atoms with Gasteiger partial charge >= 0.3 is 0 Å². The molecular weight excluding hydrogens is 310 g/mol. The number of aromatic nitrogens is 2. The number of hydrogen-bond donors (Lipinski definition) is 1. The summed E-state index contributed by atoms with van der Waals surface area (Å²) in [6.07, 6.45) is 1.80. The van der Waals surface area contributed by atoms with E-state index in [1.807, 2.05) is 84.3 Å². The number of aryl methyl sites for hydroxylation is 1. The highest BCUT2D eigenvalue weighted by Crippen LogP contribution is 2.22. The third kappa shape index (κ3) is 3.02. The quantitative estimate of drug-likeness (QED) is 0.598. The van der Waals surface area contributed by atoms with Gasteiger partial charge in [-0.3, -0.25) is 9.36 Å². The Morgan fingerprint density at radius 1 is 0.960 bits per heavy atom. The second-order valence-corrected chi connectivity index (χ2v) is 5.98. The van der Waals surface area contributed by atoms with Crippen molar-refractivity contribution in [1.29, 1.82) is 0 Å². The van der Waals surface area contributed by atoms with Gasteiger partial charge in [0.05, 0.1) is 11.0 Å². The molecule has 0 radical (unpaired) electrons. The van der Waals surface area contributed by atoms with Crippen molar-refractivity contribution >= 4 is 22.6 Å². The molecule has 0 aliphatic heterocycles. The SMILES string of the molecule is Cc1cccc(C(=O)Nc2ccc3c(c2)ncn3-c2ccccc2)c1. The van der Waals surface area contributed by atoms with E-state index in [-0.39, 0.29) is 5.91 Å². The molecule has 4 heteroatoms. The second kappa shape index (κ2) is 6.24. The van der Waals surface area contributed by atoms with Crippen LogP contribution in [0.5, 0.6) is 0 Å². The Labute approximate surface area is 145 Å². The van der Waals surface area contributed by atoms with E-state index in [1.165, 1.54) is 0 Å². The lowest BCUT2D eigenvalue weighted by Crippen LogP contribution is -2.11. The van der Waals surface area contributed by atoms with Crippen molar-refractivity contribution in [2.75, 3.05) is 5.32 Å². The molecule has 0 aliphatic rings. The molecule has 0 fully saturated rings. The van der Waals surface area contributed by atoms with Gasteiger partial charge in [-0.05, 0) is 49.4 Å². The Hall–Kier alpha value is -3.40. The number of imidazole rings is 1. The minimum Gasteiger partial charge on any atom is -0.322 e. The number of anilines is 1. The van der Waals surface area contributed by atoms with E-state index in [0.717, 1.165) is 28.0 Å². The first-order chi connectivity index (χ1) is 12.2. The highest BCUT2D eigenvalue weighted by molar-refractivity contribution is 6.05. The highest BCUT2D eigenvalue weighted by atomic mass is 16.1. The Bertz CT molecular complexity index is 1050. The van der Waals surface area contributed by atoms with E-state index in [2.05, 4.69) is 10.3 Å². The molecule has 0 spiro atoms. The van der Waals surface area contributed by atoms with Gasteiger partial charge in [0, 0.05) is 16.9 Å². The molecule has 4 aromatic rings. The van der Waals surface area contributed by atoms with Crippen molar-refractivity contribution in [2.45, 2.75) is 6.92 Å². The van der Waals surface area contributed by atoms with Gasteiger partial charge in [0.1, 0.15) is 6.33 Å². The molecule has 4 nitrogen and oxygen atoms in total. The summed E-state index contributed by atoms with van der Waals surface area (Å²) in [7, 11) is 0. The Morgan fingerprint density at radius 2 is 1.80 bits per heavy atom. The number of hydrogen-bond acceptors (Lipinski definition) is 2. The lowest BCUT2D eigenvalue weighted by atomic mass is 10.1. The van der Waals surface area contributed by atoms with Crippen LogP contribution in [-0.2, 0) is 0 Å². The fraction of sp³-hybridized carbons (Fsp3) is 0.0476. The van der Waals surface area contributed by atoms with Crippen molar-refractivity contribution < 1.29 is 4.79 Å². The summed E-state index contributed by atoms with van der Waals surface area (Å²) in [4.78, 5) is 16.9. The normalized spacial score (nSPS) is 10.8. The van der Waals surface area contributed by atoms with Gasteiger partial charge in [-0.15, -0.1) is 0 Å². The largest absolute Gasteiger partial charge is 0.322 e. The van der Waals surface area contributed by atoms with Crippen molar-refractivity contribution in [1.82, 2.24) is 9.55 Å². The molecule has 4 rings (SSSR count). The number of carbonyl (C=O) groups is 1. The summed E-state index contributed by atoms with van der Waals surface area (Å²) in [5.74, 6) is -0.120. The number of nitrogens with zero attached hydrogens (tertiary/aromatic N) is 2. The first-order valence-corrected chi connectivity index (χ1v) is 8.11. The predicted octanol–water partition coefficient (Wildman–Crippen LogP) is 4.59. The first-order valence-electron chi connectivity index (χ1n) is 8.11. The van der Waals surface area contributed by atoms with E-state index in [9.17, 15) is 4.79 Å². The summed E-state index contributed by atoms with van der Waals surface area (Å²) in [5, 5.41) is 2.94. The molecule has 0 unspecified atom stereocenters. The number of para-hydroxylation sites is 1. The second-order valence-electron chi connectivity index (χ2n) is 5.98. The van der Waals surface area contributed by atoms with Crippen LogP contribution in [0, 0.1) is 6.92 Å². The molecule has 0 saturated carbocycles. The van der Waals surface area contributed by atoms with Crippen LogP contribution >= 0.6 is 0 Å². The van der Waals surface area contributed by atoms with E-state index < -0.39 is 0 Å². The van der Waals surface area contributed by atoms with Crippen LogP contribution in [0.4, 0.5) is 5.69 Å². The van der Waals surface area contributed by atoms with Crippen LogP contribution in [0.25, 0.3) is 16.7 Å². The fourth-order valence-electron chi connectivity index (χ4n) is 2.87. The van der Waals surface area contributed by atoms with Crippen LogP contribution in [-0.4, -0.2) is 15.5 Å². The number of amides is 1. The van der Waals surface area contributed by atoms with E-state index >= 15 is 0 Å². The summed E-state index contributed by atoms with van der Waals surface area (Å²) in [5.41, 5.74) is 5.34. The molecule has 0 aliphatic carbocycles. The van der Waals surface area contributed by atoms with Crippen LogP contribution < -0.4 is 5.32 Å². The van der Waals surface area contributed by atoms with E-state index in [0.29, 0.717) is 5.56 Å². The highest BCUT2D eigenvalue weighted by Gasteiger charge is 2.09. The standard InChI is InChI=1S/C21H17N3O/c1-15-6-5-7-16(12-15)21(25)23-17-10-11-20-19(13-17)22-14-24(20)18-8-3-2-4-9-18/h2-14H,1H3,(H,23,25). The minimum atomic E-state index is -0.120. The zero-order valence-corrected chi connectivity index (χ0v) is 13.8. The maximum atomic E-state index is 12.4. The Morgan fingerprint density at radius 3 is 2.60 bits per heavy atom. The van der Waals surface area contributed by atoms with Gasteiger partial charge in [0.2, 0.25) is 0 Å². The molecule has 0 atom stereocenters. The predicted molar refractivity (Wildman–Crippen MR) is 100 cm³/mol. The van der Waals surface area contributed by atoms with Gasteiger partial charge in [-0.25, -0.2) is 4.98 Å². The van der Waals surface area contributed by atoms with Crippen LogP contribution in [0.3, 0.4) is 0 Å². The zero-order valence-electron chi connectivity index (χ0n) is 13.8. The smallest absolute Gasteiger partial charge is 0.255 e. The fourth-order valence-corrected chi connectivity index (χ4v) is 2.87. The van der Waals surface area contributed by atoms with Crippen molar-refractivity contribution in [3.05, 3.63) is 90.3 Å². The Kier molecular flexibility index (Phi) is 3.78. The van der Waals surface area contributed by atoms with E-state index in [4.69, 9.17) is 0 Å². The molecule has 1 amide bonds. The molecule has 1 aromatic heterocycles. The number of rotatable bonds is 3. The van der Waals surface area contributed by atoms with Gasteiger partial charge in [0.25, 0.3) is 5.91 Å². The summed E-state index contributed by atoms with van der Waals surface area (Å²) >= 11 is 0. The molecule has 25 heavy (non-hydrogen) atoms.